The molecule has 0 aliphatic heterocycles. The van der Waals surface area contributed by atoms with E-state index in [1.807, 2.05) is 24.1 Å². The van der Waals surface area contributed by atoms with Crippen molar-refractivity contribution < 1.29 is 22.1 Å². The summed E-state index contributed by atoms with van der Waals surface area (Å²) >= 11 is 0. The first-order valence-electron chi connectivity index (χ1n) is 7.61. The SMILES string of the molecule is COCOCCN(C)CCOS(=O)(=O)c1ccc(C(C)C)cc1. The summed E-state index contributed by atoms with van der Waals surface area (Å²) in [5.74, 6) is 0.363. The van der Waals surface area contributed by atoms with E-state index in [9.17, 15) is 8.42 Å². The second kappa shape index (κ2) is 10.00. The van der Waals surface area contributed by atoms with Gasteiger partial charge in [-0.25, -0.2) is 0 Å². The minimum Gasteiger partial charge on any atom is -0.359 e. The number of benzene rings is 1. The summed E-state index contributed by atoms with van der Waals surface area (Å²) in [6.07, 6.45) is 0. The Kier molecular flexibility index (Phi) is 8.72. The molecule has 0 radical (unpaired) electrons. The van der Waals surface area contributed by atoms with Crippen LogP contribution in [0.5, 0.6) is 0 Å². The predicted molar refractivity (Wildman–Crippen MR) is 89.0 cm³/mol. The molecule has 0 spiro atoms. The molecule has 0 saturated carbocycles. The number of nitrogens with zero attached hydrogens (tertiary/aromatic N) is 1. The smallest absolute Gasteiger partial charge is 0.297 e. The van der Waals surface area contributed by atoms with Crippen LogP contribution in [0.3, 0.4) is 0 Å². The van der Waals surface area contributed by atoms with Crippen LogP contribution in [0, 0.1) is 0 Å². The second-order valence-corrected chi connectivity index (χ2v) is 7.23. The van der Waals surface area contributed by atoms with Crippen molar-refractivity contribution in [2.75, 3.05) is 47.3 Å². The fourth-order valence-electron chi connectivity index (χ4n) is 1.86. The molecule has 0 aliphatic rings. The lowest BCUT2D eigenvalue weighted by atomic mass is 10.0. The van der Waals surface area contributed by atoms with E-state index in [0.717, 1.165) is 5.56 Å². The monoisotopic (exact) mass is 345 g/mol. The summed E-state index contributed by atoms with van der Waals surface area (Å²) in [5.41, 5.74) is 1.10. The molecule has 0 heterocycles. The van der Waals surface area contributed by atoms with Gasteiger partial charge < -0.3 is 14.4 Å². The summed E-state index contributed by atoms with van der Waals surface area (Å²) in [6, 6.07) is 6.82. The lowest BCUT2D eigenvalue weighted by Gasteiger charge is -2.16. The van der Waals surface area contributed by atoms with E-state index in [1.54, 1.807) is 19.2 Å². The average Bonchev–Trinajstić information content (AvgIpc) is 2.51. The molecule has 0 saturated heterocycles. The third-order valence-electron chi connectivity index (χ3n) is 3.37. The number of hydrogen-bond acceptors (Lipinski definition) is 6. The summed E-state index contributed by atoms with van der Waals surface area (Å²) in [4.78, 5) is 2.13. The Labute approximate surface area is 139 Å². The maximum absolute atomic E-state index is 12.1. The molecule has 6 nitrogen and oxygen atoms in total. The molecule has 0 aliphatic carbocycles. The summed E-state index contributed by atoms with van der Waals surface area (Å²) in [6.45, 7) is 6.18. The van der Waals surface area contributed by atoms with Crippen LogP contribution in [-0.4, -0.2) is 60.6 Å². The van der Waals surface area contributed by atoms with Gasteiger partial charge in [-0.15, -0.1) is 0 Å². The normalized spacial score (nSPS) is 12.3. The molecule has 0 unspecified atom stereocenters. The molecular formula is C16H27NO5S. The molecule has 0 aromatic heterocycles. The lowest BCUT2D eigenvalue weighted by molar-refractivity contribution is -0.0354. The van der Waals surface area contributed by atoms with Crippen LogP contribution in [0.4, 0.5) is 0 Å². The summed E-state index contributed by atoms with van der Waals surface area (Å²) in [7, 11) is -0.261. The van der Waals surface area contributed by atoms with Crippen molar-refractivity contribution in [3.05, 3.63) is 29.8 Å². The lowest BCUT2D eigenvalue weighted by Crippen LogP contribution is -2.28. The van der Waals surface area contributed by atoms with Gasteiger partial charge in [0.05, 0.1) is 18.1 Å². The van der Waals surface area contributed by atoms with Crippen LogP contribution in [0.15, 0.2) is 29.2 Å². The van der Waals surface area contributed by atoms with E-state index in [1.165, 1.54) is 0 Å². The number of ether oxygens (including phenoxy) is 2. The van der Waals surface area contributed by atoms with E-state index in [4.69, 9.17) is 13.7 Å². The zero-order chi connectivity index (χ0) is 17.3. The molecule has 0 bridgehead atoms. The first kappa shape index (κ1) is 20.1. The van der Waals surface area contributed by atoms with Gasteiger partial charge in [-0.2, -0.15) is 8.42 Å². The minimum absolute atomic E-state index is 0.106. The van der Waals surface area contributed by atoms with Crippen LogP contribution in [0.25, 0.3) is 0 Å². The van der Waals surface area contributed by atoms with Crippen molar-refractivity contribution in [1.82, 2.24) is 4.90 Å². The van der Waals surface area contributed by atoms with Gasteiger partial charge in [-0.3, -0.25) is 4.18 Å². The number of likely N-dealkylation sites (N-methyl/N-ethyl adjacent to an activating group) is 1. The molecule has 7 heteroatoms. The van der Waals surface area contributed by atoms with Gasteiger partial charge in [0.2, 0.25) is 0 Å². The van der Waals surface area contributed by atoms with Crippen molar-refractivity contribution in [2.45, 2.75) is 24.7 Å². The Morgan fingerprint density at radius 3 is 2.26 bits per heavy atom. The molecular weight excluding hydrogens is 318 g/mol. The van der Waals surface area contributed by atoms with Gasteiger partial charge in [-0.1, -0.05) is 26.0 Å². The highest BCUT2D eigenvalue weighted by Gasteiger charge is 2.15. The fourth-order valence-corrected chi connectivity index (χ4v) is 2.76. The molecule has 1 aromatic rings. The van der Waals surface area contributed by atoms with E-state index in [0.29, 0.717) is 25.6 Å². The van der Waals surface area contributed by atoms with Gasteiger partial charge in [-0.05, 0) is 30.7 Å². The zero-order valence-corrected chi connectivity index (χ0v) is 15.1. The number of rotatable bonds is 11. The van der Waals surface area contributed by atoms with Gasteiger partial charge in [0.25, 0.3) is 10.1 Å². The Hall–Kier alpha value is -0.990. The van der Waals surface area contributed by atoms with Crippen molar-refractivity contribution in [2.24, 2.45) is 0 Å². The molecule has 0 fully saturated rings. The van der Waals surface area contributed by atoms with Crippen LogP contribution in [0.1, 0.15) is 25.3 Å². The van der Waals surface area contributed by atoms with E-state index in [-0.39, 0.29) is 18.3 Å². The van der Waals surface area contributed by atoms with Gasteiger partial charge in [0.15, 0.2) is 0 Å². The zero-order valence-electron chi connectivity index (χ0n) is 14.3. The number of methoxy groups -OCH3 is 1. The van der Waals surface area contributed by atoms with Crippen LogP contribution in [0.2, 0.25) is 0 Å². The summed E-state index contributed by atoms with van der Waals surface area (Å²) < 4.78 is 39.3. The largest absolute Gasteiger partial charge is 0.359 e. The van der Waals surface area contributed by atoms with Gasteiger partial charge in [0, 0.05) is 20.2 Å². The minimum atomic E-state index is -3.71. The highest BCUT2D eigenvalue weighted by molar-refractivity contribution is 7.86. The van der Waals surface area contributed by atoms with Crippen LogP contribution in [-0.2, 0) is 23.8 Å². The van der Waals surface area contributed by atoms with Crippen molar-refractivity contribution in [3.8, 4) is 0 Å². The van der Waals surface area contributed by atoms with Crippen molar-refractivity contribution in [3.63, 3.8) is 0 Å². The van der Waals surface area contributed by atoms with Gasteiger partial charge >= 0.3 is 0 Å². The first-order chi connectivity index (χ1) is 10.9. The average molecular weight is 345 g/mol. The molecule has 0 amide bonds. The first-order valence-corrected chi connectivity index (χ1v) is 9.02. The molecule has 132 valence electrons. The molecule has 1 aromatic carbocycles. The highest BCUT2D eigenvalue weighted by Crippen LogP contribution is 2.18. The van der Waals surface area contributed by atoms with E-state index < -0.39 is 10.1 Å². The fraction of sp³-hybridized carbons (Fsp3) is 0.625. The molecule has 1 rings (SSSR count). The van der Waals surface area contributed by atoms with Crippen molar-refractivity contribution in [1.29, 1.82) is 0 Å². The highest BCUT2D eigenvalue weighted by atomic mass is 32.2. The predicted octanol–water partition coefficient (Wildman–Crippen LogP) is 2.07. The topological polar surface area (TPSA) is 65.1 Å². The molecule has 0 atom stereocenters. The van der Waals surface area contributed by atoms with E-state index in [2.05, 4.69) is 13.8 Å². The maximum atomic E-state index is 12.1. The third kappa shape index (κ3) is 7.41. The Balaban J connectivity index is 2.40. The third-order valence-corrected chi connectivity index (χ3v) is 4.69. The Bertz CT molecular complexity index is 542. The van der Waals surface area contributed by atoms with Crippen molar-refractivity contribution >= 4 is 10.1 Å². The Morgan fingerprint density at radius 1 is 1.09 bits per heavy atom. The molecule has 0 N–H and O–H groups in total. The second-order valence-electron chi connectivity index (χ2n) is 5.62. The van der Waals surface area contributed by atoms with E-state index >= 15 is 0 Å². The Morgan fingerprint density at radius 2 is 1.70 bits per heavy atom. The molecule has 23 heavy (non-hydrogen) atoms. The van der Waals surface area contributed by atoms with Crippen LogP contribution >= 0.6 is 0 Å². The maximum Gasteiger partial charge on any atom is 0.297 e. The quantitative estimate of drug-likeness (QED) is 0.347. The van der Waals surface area contributed by atoms with Gasteiger partial charge in [0.1, 0.15) is 6.79 Å². The number of hydrogen-bond donors (Lipinski definition) is 0. The summed E-state index contributed by atoms with van der Waals surface area (Å²) in [5, 5.41) is 0. The van der Waals surface area contributed by atoms with Crippen LogP contribution < -0.4 is 0 Å². The standard InChI is InChI=1S/C16H27NO5S/c1-14(2)15-5-7-16(8-6-15)23(18,19)22-12-10-17(3)9-11-21-13-20-4/h5-8,14H,9-13H2,1-4H3.